The molecule has 0 fully saturated rings. The van der Waals surface area contributed by atoms with Crippen LogP contribution in [0.2, 0.25) is 18.1 Å². The zero-order chi connectivity index (χ0) is 45.6. The largest absolute Gasteiger partial charge is 0.492 e. The summed E-state index contributed by atoms with van der Waals surface area (Å²) < 4.78 is 111. The summed E-state index contributed by atoms with van der Waals surface area (Å²) in [5.74, 6) is -1.72. The third kappa shape index (κ3) is 14.2. The molecule has 0 radical (unpaired) electrons. The lowest BCUT2D eigenvalue weighted by molar-refractivity contribution is -0.152. The summed E-state index contributed by atoms with van der Waals surface area (Å²) in [5, 5.41) is 3.16. The molecule has 20 heteroatoms. The van der Waals surface area contributed by atoms with Gasteiger partial charge in [-0.15, -0.1) is 0 Å². The SMILES string of the molecule is CC[Si](CC)(CC)OC(CN(CCOc1ccc2c(C(F)(F)F)nn(C(=O)OC(C)(C)C)c2c1)C(=O)OC(C)(C)C)c1ccc(F)c(N(CC(=O)OC(C)(C)C)S(=O)O)c1. The smallest absolute Gasteiger partial charge is 0.435 e. The van der Waals surface area contributed by atoms with Gasteiger partial charge < -0.3 is 28.3 Å². The standard InChI is InChI=1S/C40H58F4N4O10SSi/c1-13-60(14-2,15-3)58-32(26-16-19-29(41)31(22-26)47(59(52)53)25-33(49)55-37(4,5)6)24-46(35(50)56-38(7,8)9)20-21-54-27-17-18-28-30(23-27)48(36(51)57-39(10,11)12)45-34(28)40(42,43)44/h16-19,22-23,32H,13-15,20-21,24-25H2,1-12H3,(H,52,53). The number of amides is 1. The molecule has 1 amide bonds. The molecule has 0 saturated heterocycles. The molecule has 60 heavy (non-hydrogen) atoms. The molecule has 1 aromatic heterocycles. The molecule has 3 aromatic rings. The fourth-order valence-corrected chi connectivity index (χ4v) is 9.38. The van der Waals surface area contributed by atoms with E-state index in [1.54, 1.807) is 62.3 Å². The van der Waals surface area contributed by atoms with E-state index in [9.17, 15) is 36.3 Å². The average molecular weight is 891 g/mol. The maximum absolute atomic E-state index is 15.5. The fourth-order valence-electron chi connectivity index (χ4n) is 6.04. The Morgan fingerprint density at radius 3 is 1.97 bits per heavy atom. The number of ether oxygens (including phenoxy) is 4. The van der Waals surface area contributed by atoms with Gasteiger partial charge in [0.05, 0.1) is 30.4 Å². The van der Waals surface area contributed by atoms with Crippen LogP contribution >= 0.6 is 0 Å². The molecule has 2 aromatic carbocycles. The number of benzene rings is 2. The summed E-state index contributed by atoms with van der Waals surface area (Å²) in [6.45, 7) is 19.2. The quantitative estimate of drug-likeness (QED) is 0.0480. The molecule has 2 unspecified atom stereocenters. The first kappa shape index (κ1) is 50.1. The number of hydrogen-bond acceptors (Lipinski definition) is 10. The Bertz CT molecular complexity index is 2000. The number of hydrogen-bond donors (Lipinski definition) is 1. The summed E-state index contributed by atoms with van der Waals surface area (Å²) in [4.78, 5) is 40.8. The first-order valence-electron chi connectivity index (χ1n) is 19.5. The van der Waals surface area contributed by atoms with Crippen LogP contribution in [-0.4, -0.2) is 93.0 Å². The highest BCUT2D eigenvalue weighted by atomic mass is 32.2. The topological polar surface area (TPSA) is 159 Å². The predicted molar refractivity (Wildman–Crippen MR) is 221 cm³/mol. The summed E-state index contributed by atoms with van der Waals surface area (Å²) in [6, 6.07) is 9.46. The number of nitrogens with zero attached hydrogens (tertiary/aromatic N) is 4. The third-order valence-electron chi connectivity index (χ3n) is 8.97. The number of aromatic nitrogens is 2. The highest BCUT2D eigenvalue weighted by molar-refractivity contribution is 7.80. The van der Waals surface area contributed by atoms with Gasteiger partial charge in [-0.25, -0.2) is 18.2 Å². The zero-order valence-electron chi connectivity index (χ0n) is 36.3. The lowest BCUT2D eigenvalue weighted by Crippen LogP contribution is -2.45. The van der Waals surface area contributed by atoms with Gasteiger partial charge in [-0.2, -0.15) is 23.0 Å². The molecular formula is C40H58F4N4O10SSi. The van der Waals surface area contributed by atoms with Gasteiger partial charge in [0.25, 0.3) is 11.3 Å². The van der Waals surface area contributed by atoms with Crippen molar-refractivity contribution in [3.63, 3.8) is 0 Å². The molecule has 14 nitrogen and oxygen atoms in total. The van der Waals surface area contributed by atoms with Crippen molar-refractivity contribution >= 4 is 54.3 Å². The average Bonchev–Trinajstić information content (AvgIpc) is 3.50. The first-order chi connectivity index (χ1) is 27.5. The molecule has 336 valence electrons. The van der Waals surface area contributed by atoms with Gasteiger partial charge in [0.15, 0.2) is 14.0 Å². The number of anilines is 1. The Kier molecular flexibility index (Phi) is 16.4. The molecule has 1 N–H and O–H groups in total. The molecule has 0 aliphatic heterocycles. The van der Waals surface area contributed by atoms with Crippen molar-refractivity contribution in [2.24, 2.45) is 0 Å². The number of alkyl halides is 3. The molecule has 0 aliphatic rings. The van der Waals surface area contributed by atoms with Crippen LogP contribution in [0.5, 0.6) is 5.75 Å². The van der Waals surface area contributed by atoms with Crippen molar-refractivity contribution in [1.82, 2.24) is 14.7 Å². The summed E-state index contributed by atoms with van der Waals surface area (Å²) in [7, 11) is -2.52. The van der Waals surface area contributed by atoms with Crippen LogP contribution in [0.4, 0.5) is 32.8 Å². The van der Waals surface area contributed by atoms with E-state index in [-0.39, 0.29) is 42.0 Å². The van der Waals surface area contributed by atoms with Crippen LogP contribution in [0.25, 0.3) is 10.9 Å². The third-order valence-corrected chi connectivity index (χ3v) is 14.3. The number of rotatable bonds is 16. The lowest BCUT2D eigenvalue weighted by atomic mass is 10.1. The first-order valence-corrected chi connectivity index (χ1v) is 23.1. The second-order valence-corrected chi connectivity index (χ2v) is 22.7. The molecule has 3 rings (SSSR count). The Morgan fingerprint density at radius 1 is 0.867 bits per heavy atom. The van der Waals surface area contributed by atoms with E-state index in [4.69, 9.17) is 23.4 Å². The molecule has 2 atom stereocenters. The minimum atomic E-state index is -4.88. The monoisotopic (exact) mass is 890 g/mol. The summed E-state index contributed by atoms with van der Waals surface area (Å²) in [6.07, 6.45) is -7.73. The van der Waals surface area contributed by atoms with Crippen LogP contribution < -0.4 is 9.04 Å². The Balaban J connectivity index is 2.07. The molecule has 0 aliphatic carbocycles. The molecule has 0 saturated carbocycles. The van der Waals surface area contributed by atoms with Crippen molar-refractivity contribution in [1.29, 1.82) is 0 Å². The Hall–Kier alpha value is -4.27. The van der Waals surface area contributed by atoms with Gasteiger partial charge in [-0.1, -0.05) is 26.8 Å². The number of halogens is 4. The van der Waals surface area contributed by atoms with Gasteiger partial charge >= 0.3 is 24.3 Å². The van der Waals surface area contributed by atoms with E-state index in [1.807, 2.05) is 20.8 Å². The number of esters is 1. The maximum Gasteiger partial charge on any atom is 0.435 e. The molecular weight excluding hydrogens is 833 g/mol. The van der Waals surface area contributed by atoms with E-state index in [0.717, 1.165) is 12.1 Å². The molecule has 1 heterocycles. The highest BCUT2D eigenvalue weighted by Gasteiger charge is 2.39. The highest BCUT2D eigenvalue weighted by Crippen LogP contribution is 2.37. The summed E-state index contributed by atoms with van der Waals surface area (Å²) in [5.41, 5.74) is -4.46. The fraction of sp³-hybridized carbons (Fsp3) is 0.600. The van der Waals surface area contributed by atoms with Crippen LogP contribution in [-0.2, 0) is 40.9 Å². The van der Waals surface area contributed by atoms with Crippen LogP contribution in [0, 0.1) is 5.82 Å². The maximum atomic E-state index is 15.5. The second kappa shape index (κ2) is 19.6. The molecule has 0 spiro atoms. The van der Waals surface area contributed by atoms with Crippen molar-refractivity contribution in [3.05, 3.63) is 53.5 Å². The van der Waals surface area contributed by atoms with Gasteiger partial charge in [0.2, 0.25) is 0 Å². The predicted octanol–water partition coefficient (Wildman–Crippen LogP) is 9.64. The van der Waals surface area contributed by atoms with E-state index in [0.29, 0.717) is 32.7 Å². The lowest BCUT2D eigenvalue weighted by Gasteiger charge is -2.37. The van der Waals surface area contributed by atoms with Crippen molar-refractivity contribution < 1.29 is 64.1 Å². The summed E-state index contributed by atoms with van der Waals surface area (Å²) >= 11 is -2.86. The van der Waals surface area contributed by atoms with Crippen LogP contribution in [0.15, 0.2) is 36.4 Å². The van der Waals surface area contributed by atoms with Gasteiger partial charge in [0, 0.05) is 11.5 Å². The van der Waals surface area contributed by atoms with E-state index >= 15 is 4.39 Å². The van der Waals surface area contributed by atoms with Gasteiger partial charge in [-0.05, 0) is 110 Å². The zero-order valence-corrected chi connectivity index (χ0v) is 38.1. The van der Waals surface area contributed by atoms with Crippen molar-refractivity contribution in [2.75, 3.05) is 30.5 Å². The Morgan fingerprint density at radius 2 is 1.45 bits per heavy atom. The number of fused-ring (bicyclic) bond motifs is 1. The Labute approximate surface area is 352 Å². The van der Waals surface area contributed by atoms with Gasteiger partial charge in [0.1, 0.15) is 41.5 Å². The minimum absolute atomic E-state index is 0.0532. The van der Waals surface area contributed by atoms with E-state index < -0.39 is 84.9 Å². The van der Waals surface area contributed by atoms with Crippen molar-refractivity contribution in [2.45, 2.75) is 130 Å². The minimum Gasteiger partial charge on any atom is -0.492 e. The number of carbonyl (C=O) groups excluding carboxylic acids is 3. The van der Waals surface area contributed by atoms with Crippen LogP contribution in [0.3, 0.4) is 0 Å². The normalized spacial score (nSPS) is 13.8. The molecule has 0 bridgehead atoms. The second-order valence-electron chi connectivity index (χ2n) is 17.1. The van der Waals surface area contributed by atoms with E-state index in [1.165, 1.54) is 29.2 Å². The van der Waals surface area contributed by atoms with Crippen molar-refractivity contribution in [3.8, 4) is 5.75 Å². The van der Waals surface area contributed by atoms with E-state index in [2.05, 4.69) is 5.10 Å². The van der Waals surface area contributed by atoms with Gasteiger partial charge in [-0.3, -0.25) is 13.7 Å². The van der Waals surface area contributed by atoms with Crippen LogP contribution in [0.1, 0.15) is 100 Å². The number of carbonyl (C=O) groups is 3.